The molecule has 0 saturated carbocycles. The fourth-order valence-electron chi connectivity index (χ4n) is 2.30. The molecule has 0 amide bonds. The van der Waals surface area contributed by atoms with E-state index in [1.165, 1.54) is 16.4 Å². The quantitative estimate of drug-likeness (QED) is 0.741. The van der Waals surface area contributed by atoms with Gasteiger partial charge in [0.05, 0.1) is 5.02 Å². The van der Waals surface area contributed by atoms with Gasteiger partial charge in [-0.05, 0) is 30.5 Å². The third-order valence-electron chi connectivity index (χ3n) is 3.47. The Kier molecular flexibility index (Phi) is 4.83. The summed E-state index contributed by atoms with van der Waals surface area (Å²) in [7, 11) is -3.60. The molecule has 0 radical (unpaired) electrons. The van der Waals surface area contributed by atoms with Gasteiger partial charge in [0.1, 0.15) is 4.90 Å². The molecule has 0 aliphatic carbocycles. The highest BCUT2D eigenvalue weighted by molar-refractivity contribution is 9.09. The largest absolute Gasteiger partial charge is 0.244 e. The summed E-state index contributed by atoms with van der Waals surface area (Å²) in [5.74, 6) is 0.326. The zero-order chi connectivity index (χ0) is 14.2. The fraction of sp³-hybridized carbons (Fsp3) is 0.500. The van der Waals surface area contributed by atoms with Gasteiger partial charge in [-0.15, -0.1) is 0 Å². The number of hydrogen-bond acceptors (Lipinski definition) is 2. The van der Waals surface area contributed by atoms with Crippen molar-refractivity contribution in [1.82, 2.24) is 4.31 Å². The van der Waals surface area contributed by atoms with E-state index in [9.17, 15) is 8.42 Å². The number of benzene rings is 1. The van der Waals surface area contributed by atoms with E-state index in [4.69, 9.17) is 23.2 Å². The molecule has 1 aromatic rings. The monoisotopic (exact) mass is 385 g/mol. The van der Waals surface area contributed by atoms with Gasteiger partial charge in [0, 0.05) is 22.9 Å². The lowest BCUT2D eigenvalue weighted by atomic mass is 10.1. The van der Waals surface area contributed by atoms with Crippen molar-refractivity contribution in [2.45, 2.75) is 24.3 Å². The average Bonchev–Trinajstić information content (AvgIpc) is 2.74. The summed E-state index contributed by atoms with van der Waals surface area (Å²) in [4.78, 5) is 0.0849. The summed E-state index contributed by atoms with van der Waals surface area (Å²) in [6.07, 6.45) is 0.855. The van der Waals surface area contributed by atoms with Crippen LogP contribution in [-0.2, 0) is 10.0 Å². The van der Waals surface area contributed by atoms with E-state index in [1.807, 2.05) is 0 Å². The SMILES string of the molecule is CC1CCN(S(=O)(=O)c2cc(Cl)ccc2Cl)C1CBr. The highest BCUT2D eigenvalue weighted by Crippen LogP contribution is 2.34. The van der Waals surface area contributed by atoms with E-state index in [-0.39, 0.29) is 16.0 Å². The lowest BCUT2D eigenvalue weighted by Crippen LogP contribution is -2.38. The maximum atomic E-state index is 12.7. The molecule has 0 aromatic heterocycles. The predicted molar refractivity (Wildman–Crippen MR) is 81.7 cm³/mol. The van der Waals surface area contributed by atoms with Gasteiger partial charge in [-0.2, -0.15) is 4.31 Å². The van der Waals surface area contributed by atoms with Crippen molar-refractivity contribution in [2.24, 2.45) is 5.92 Å². The van der Waals surface area contributed by atoms with Crippen LogP contribution in [0, 0.1) is 5.92 Å². The number of alkyl halides is 1. The van der Waals surface area contributed by atoms with Crippen molar-refractivity contribution in [3.8, 4) is 0 Å². The Balaban J connectivity index is 2.45. The summed E-state index contributed by atoms with van der Waals surface area (Å²) in [5.41, 5.74) is 0. The Hall–Kier alpha value is 0.190. The minimum atomic E-state index is -3.60. The highest BCUT2D eigenvalue weighted by Gasteiger charge is 2.39. The summed E-state index contributed by atoms with van der Waals surface area (Å²) in [5, 5.41) is 1.19. The first-order valence-electron chi connectivity index (χ1n) is 5.90. The first-order chi connectivity index (χ1) is 8.87. The van der Waals surface area contributed by atoms with Crippen LogP contribution >= 0.6 is 39.1 Å². The van der Waals surface area contributed by atoms with Crippen LogP contribution in [0.5, 0.6) is 0 Å². The molecule has 1 aliphatic rings. The second-order valence-electron chi connectivity index (χ2n) is 4.68. The van der Waals surface area contributed by atoms with Crippen LogP contribution in [0.4, 0.5) is 0 Å². The highest BCUT2D eigenvalue weighted by atomic mass is 79.9. The van der Waals surface area contributed by atoms with Crippen molar-refractivity contribution in [3.63, 3.8) is 0 Å². The van der Waals surface area contributed by atoms with Gasteiger partial charge in [0.2, 0.25) is 10.0 Å². The average molecular weight is 387 g/mol. The topological polar surface area (TPSA) is 37.4 Å². The lowest BCUT2D eigenvalue weighted by Gasteiger charge is -2.25. The molecule has 2 unspecified atom stereocenters. The summed E-state index contributed by atoms with van der Waals surface area (Å²) >= 11 is 15.3. The smallest absolute Gasteiger partial charge is 0.207 e. The van der Waals surface area contributed by atoms with Gasteiger partial charge in [-0.1, -0.05) is 46.1 Å². The van der Waals surface area contributed by atoms with E-state index in [1.54, 1.807) is 6.07 Å². The van der Waals surface area contributed by atoms with Gasteiger partial charge >= 0.3 is 0 Å². The number of hydrogen-bond donors (Lipinski definition) is 0. The van der Waals surface area contributed by atoms with E-state index >= 15 is 0 Å². The summed E-state index contributed by atoms with van der Waals surface area (Å²) in [6.45, 7) is 2.57. The van der Waals surface area contributed by atoms with E-state index < -0.39 is 10.0 Å². The van der Waals surface area contributed by atoms with Crippen molar-refractivity contribution in [2.75, 3.05) is 11.9 Å². The third kappa shape index (κ3) is 2.95. The van der Waals surface area contributed by atoms with Crippen LogP contribution < -0.4 is 0 Å². The molecule has 1 aliphatic heterocycles. The molecule has 2 rings (SSSR count). The molecule has 1 heterocycles. The van der Waals surface area contributed by atoms with E-state index in [0.717, 1.165) is 6.42 Å². The first kappa shape index (κ1) is 15.6. The van der Waals surface area contributed by atoms with Gasteiger partial charge in [0.25, 0.3) is 0 Å². The van der Waals surface area contributed by atoms with Crippen LogP contribution in [0.2, 0.25) is 10.0 Å². The Morgan fingerprint density at radius 2 is 2.11 bits per heavy atom. The molecule has 3 nitrogen and oxygen atoms in total. The molecule has 0 N–H and O–H groups in total. The zero-order valence-corrected chi connectivity index (χ0v) is 14.2. The Bertz CT molecular complexity index is 579. The van der Waals surface area contributed by atoms with Gasteiger partial charge in [0.15, 0.2) is 0 Å². The van der Waals surface area contributed by atoms with Crippen LogP contribution in [0.1, 0.15) is 13.3 Å². The standard InChI is InChI=1S/C12H14BrCl2NO2S/c1-8-4-5-16(11(8)7-13)19(17,18)12-6-9(14)2-3-10(12)15/h2-3,6,8,11H,4-5,7H2,1H3. The maximum Gasteiger partial charge on any atom is 0.244 e. The third-order valence-corrected chi connectivity index (χ3v) is 6.77. The van der Waals surface area contributed by atoms with Crippen molar-refractivity contribution in [1.29, 1.82) is 0 Å². The molecule has 1 fully saturated rings. The van der Waals surface area contributed by atoms with Gasteiger partial charge in [-0.25, -0.2) is 8.42 Å². The molecule has 2 atom stereocenters. The normalized spacial score (nSPS) is 24.8. The second kappa shape index (κ2) is 5.90. The minimum absolute atomic E-state index is 0.0416. The second-order valence-corrected chi connectivity index (χ2v) is 8.03. The molecular weight excluding hydrogens is 373 g/mol. The predicted octanol–water partition coefficient (Wildman–Crippen LogP) is 3.79. The number of nitrogens with zero attached hydrogens (tertiary/aromatic N) is 1. The molecule has 0 bridgehead atoms. The Morgan fingerprint density at radius 3 is 2.74 bits per heavy atom. The van der Waals surface area contributed by atoms with E-state index in [2.05, 4.69) is 22.9 Å². The molecule has 106 valence electrons. The van der Waals surface area contributed by atoms with Gasteiger partial charge < -0.3 is 0 Å². The van der Waals surface area contributed by atoms with Crippen molar-refractivity contribution >= 4 is 49.2 Å². The Morgan fingerprint density at radius 1 is 1.42 bits per heavy atom. The van der Waals surface area contributed by atoms with Gasteiger partial charge in [-0.3, -0.25) is 0 Å². The molecule has 7 heteroatoms. The summed E-state index contributed by atoms with van der Waals surface area (Å²) in [6, 6.07) is 4.46. The molecular formula is C12H14BrCl2NO2S. The fourth-order valence-corrected chi connectivity index (χ4v) is 5.96. The molecule has 1 saturated heterocycles. The lowest BCUT2D eigenvalue weighted by molar-refractivity contribution is 0.378. The van der Waals surface area contributed by atoms with Crippen LogP contribution in [0.25, 0.3) is 0 Å². The zero-order valence-electron chi connectivity index (χ0n) is 10.3. The van der Waals surface area contributed by atoms with Crippen LogP contribution in [0.3, 0.4) is 0 Å². The van der Waals surface area contributed by atoms with Crippen LogP contribution in [-0.4, -0.2) is 30.6 Å². The molecule has 19 heavy (non-hydrogen) atoms. The van der Waals surface area contributed by atoms with Crippen molar-refractivity contribution in [3.05, 3.63) is 28.2 Å². The van der Waals surface area contributed by atoms with Crippen molar-refractivity contribution < 1.29 is 8.42 Å². The molecule has 0 spiro atoms. The Labute approximate surface area is 132 Å². The minimum Gasteiger partial charge on any atom is -0.207 e. The van der Waals surface area contributed by atoms with Crippen LogP contribution in [0.15, 0.2) is 23.1 Å². The molecule has 1 aromatic carbocycles. The number of halogens is 3. The van der Waals surface area contributed by atoms with E-state index in [0.29, 0.717) is 22.8 Å². The first-order valence-corrected chi connectivity index (χ1v) is 9.22. The summed E-state index contributed by atoms with van der Waals surface area (Å²) < 4.78 is 26.9. The number of sulfonamides is 1. The number of rotatable bonds is 3. The maximum absolute atomic E-state index is 12.7.